The third-order valence-electron chi connectivity index (χ3n) is 8.74. The lowest BCUT2D eigenvalue weighted by molar-refractivity contribution is -0.0461. The van der Waals surface area contributed by atoms with Crippen LogP contribution in [0.4, 0.5) is 0 Å². The number of rotatable bonds is 6. The highest BCUT2D eigenvalue weighted by atomic mass is 16.6. The van der Waals surface area contributed by atoms with Crippen LogP contribution in [-0.4, -0.2) is 67.7 Å². The first-order chi connectivity index (χ1) is 25.3. The average Bonchev–Trinajstić information content (AvgIpc) is 3.79. The molecule has 0 spiro atoms. The Hall–Kier alpha value is -5.10. The summed E-state index contributed by atoms with van der Waals surface area (Å²) in [5, 5.41) is 32.2. The third kappa shape index (κ3) is 13.1. The van der Waals surface area contributed by atoms with Gasteiger partial charge < -0.3 is 33.6 Å². The van der Waals surface area contributed by atoms with Crippen molar-refractivity contribution in [2.75, 3.05) is 0 Å². The minimum Gasteiger partial charge on any atom is -0.457 e. The van der Waals surface area contributed by atoms with Gasteiger partial charge in [-0.3, -0.25) is 0 Å². The lowest BCUT2D eigenvalue weighted by Gasteiger charge is -2.36. The molecule has 3 rings (SSSR count). The number of aromatic nitrogens is 2. The molecule has 0 radical (unpaired) electrons. The van der Waals surface area contributed by atoms with Crippen molar-refractivity contribution in [3.05, 3.63) is 139 Å². The zero-order valence-electron chi connectivity index (χ0n) is 31.2. The van der Waals surface area contributed by atoms with E-state index in [1.54, 1.807) is 111 Å². The number of aliphatic hydroxyl groups excluding tert-OH is 3. The van der Waals surface area contributed by atoms with E-state index in [4.69, 9.17) is 18.3 Å². The van der Waals surface area contributed by atoms with Crippen LogP contribution in [0.5, 0.6) is 0 Å². The second-order valence-corrected chi connectivity index (χ2v) is 13.6. The van der Waals surface area contributed by atoms with Crippen molar-refractivity contribution >= 4 is 18.0 Å². The van der Waals surface area contributed by atoms with E-state index in [1.165, 1.54) is 12.5 Å². The number of aliphatic hydroxyl groups is 3. The maximum atomic E-state index is 13.2. The second kappa shape index (κ2) is 20.8. The molecular formula is C42H52N2O9. The van der Waals surface area contributed by atoms with E-state index in [1.807, 2.05) is 39.8 Å². The first-order valence-corrected chi connectivity index (χ1v) is 17.6. The molecule has 3 heterocycles. The topological polar surface area (TPSA) is 165 Å². The number of oxazole rings is 2. The molecule has 1 aliphatic rings. The summed E-state index contributed by atoms with van der Waals surface area (Å²) >= 11 is 0. The van der Waals surface area contributed by atoms with Crippen LogP contribution in [0.1, 0.15) is 87.1 Å². The van der Waals surface area contributed by atoms with Crippen LogP contribution in [0.3, 0.4) is 0 Å². The Kier molecular flexibility index (Phi) is 16.6. The molecule has 0 aliphatic carbocycles. The molecule has 0 saturated heterocycles. The molecule has 3 N–H and O–H groups in total. The molecule has 0 amide bonds. The number of cyclic esters (lactones) is 2. The molecule has 5 atom stereocenters. The van der Waals surface area contributed by atoms with Gasteiger partial charge in [0.1, 0.15) is 24.7 Å². The van der Waals surface area contributed by atoms with Gasteiger partial charge in [0.15, 0.2) is 17.3 Å². The molecule has 53 heavy (non-hydrogen) atoms. The van der Waals surface area contributed by atoms with Crippen LogP contribution in [-0.2, 0) is 15.9 Å². The van der Waals surface area contributed by atoms with Gasteiger partial charge in [-0.15, -0.1) is 0 Å². The fourth-order valence-electron chi connectivity index (χ4n) is 5.11. The minimum absolute atomic E-state index is 0.00131. The van der Waals surface area contributed by atoms with Crippen LogP contribution in [0.2, 0.25) is 0 Å². The lowest BCUT2D eigenvalue weighted by Crippen LogP contribution is -2.42. The Morgan fingerprint density at radius 2 is 1.17 bits per heavy atom. The van der Waals surface area contributed by atoms with Gasteiger partial charge in [0.2, 0.25) is 5.89 Å². The van der Waals surface area contributed by atoms with Crippen molar-refractivity contribution in [3.8, 4) is 0 Å². The van der Waals surface area contributed by atoms with E-state index >= 15 is 0 Å². The fourth-order valence-corrected chi connectivity index (χ4v) is 5.11. The number of nitrogens with zero attached hydrogens (tertiary/aromatic N) is 2. The number of hydrogen-bond donors (Lipinski definition) is 3. The number of fused-ring (bicyclic) bond motifs is 4. The van der Waals surface area contributed by atoms with Gasteiger partial charge in [-0.1, -0.05) is 131 Å². The first kappa shape index (κ1) is 42.3. The predicted molar refractivity (Wildman–Crippen MR) is 203 cm³/mol. The Morgan fingerprint density at radius 3 is 1.72 bits per heavy atom. The van der Waals surface area contributed by atoms with Crippen LogP contribution in [0.15, 0.2) is 125 Å². The number of allylic oxidation sites excluding steroid dienone is 12. The summed E-state index contributed by atoms with van der Waals surface area (Å²) < 4.78 is 22.6. The fraction of sp³-hybridized carbons (Fsp3) is 0.381. The molecule has 2 aromatic rings. The number of esters is 2. The van der Waals surface area contributed by atoms with Crippen molar-refractivity contribution in [3.63, 3.8) is 0 Å². The van der Waals surface area contributed by atoms with Gasteiger partial charge in [-0.05, 0) is 13.8 Å². The van der Waals surface area contributed by atoms with Crippen LogP contribution < -0.4 is 0 Å². The van der Waals surface area contributed by atoms with Gasteiger partial charge >= 0.3 is 11.9 Å². The molecule has 2 aromatic heterocycles. The standard InChI is InChI=1S/C42H52N2O9/c1-7-21-33(46)41(3,4)35-25-19-15-12-13-17-23-30(45)27-38-44-32(29-51-38)40(49)53-36(42(5,6)34(47)22-8-2)24-18-14-10-9-11-16-20-26-37-43-31(28-50-37)39(48)52-35/h7-23,26,28-30,33-36,45-47H,24-25,27H2,1-6H3/b10-9-,13-12-,16-11-,18-14+,19-15-,21-7+,22-8+,23-17-,26-20+. The van der Waals surface area contributed by atoms with Crippen LogP contribution >= 0.6 is 0 Å². The first-order valence-electron chi connectivity index (χ1n) is 17.6. The molecule has 5 unspecified atom stereocenters. The zero-order chi connectivity index (χ0) is 38.9. The van der Waals surface area contributed by atoms with Gasteiger partial charge in [-0.2, -0.15) is 0 Å². The SMILES string of the molecule is C/C=C/C(O)C(C)(C)C1C\C=C/C=C\C=C/C(O)Cc2nc(co2)C(=O)OC(C(C)(C)C(O)/C=C/C)C/C=C/C=C\C=C/C=C/c2nc(co2)C(=O)O1. The van der Waals surface area contributed by atoms with E-state index in [-0.39, 0.29) is 29.6 Å². The number of ether oxygens (including phenoxy) is 2. The summed E-state index contributed by atoms with van der Waals surface area (Å²) in [6.45, 7) is 10.9. The van der Waals surface area contributed by atoms with E-state index in [2.05, 4.69) is 9.97 Å². The largest absolute Gasteiger partial charge is 0.457 e. The monoisotopic (exact) mass is 728 g/mol. The van der Waals surface area contributed by atoms with E-state index in [0.717, 1.165) is 0 Å². The molecule has 284 valence electrons. The predicted octanol–water partition coefficient (Wildman–Crippen LogP) is 7.39. The van der Waals surface area contributed by atoms with Gasteiger partial charge in [0.05, 0.1) is 24.7 Å². The Bertz CT molecular complexity index is 1750. The molecular weight excluding hydrogens is 676 g/mol. The number of hydrogen-bond acceptors (Lipinski definition) is 11. The summed E-state index contributed by atoms with van der Waals surface area (Å²) in [6.07, 6.45) is 30.0. The summed E-state index contributed by atoms with van der Waals surface area (Å²) in [5.74, 6) is -1.03. The minimum atomic E-state index is -0.951. The van der Waals surface area contributed by atoms with E-state index in [0.29, 0.717) is 12.8 Å². The highest BCUT2D eigenvalue weighted by Crippen LogP contribution is 2.33. The van der Waals surface area contributed by atoms with Crippen LogP contribution in [0, 0.1) is 10.8 Å². The summed E-state index contributed by atoms with van der Waals surface area (Å²) in [7, 11) is 0. The van der Waals surface area contributed by atoms with Crippen molar-refractivity contribution in [1.29, 1.82) is 0 Å². The highest BCUT2D eigenvalue weighted by molar-refractivity contribution is 5.87. The molecule has 0 aromatic carbocycles. The smallest absolute Gasteiger partial charge is 0.360 e. The molecule has 0 fully saturated rings. The molecule has 0 saturated carbocycles. The quantitative estimate of drug-likeness (QED) is 0.201. The Labute approximate surface area is 311 Å². The van der Waals surface area contributed by atoms with Gasteiger partial charge in [-0.25, -0.2) is 19.6 Å². The highest BCUT2D eigenvalue weighted by Gasteiger charge is 2.39. The number of carbonyl (C=O) groups is 2. The maximum Gasteiger partial charge on any atom is 0.360 e. The summed E-state index contributed by atoms with van der Waals surface area (Å²) in [6, 6.07) is 0. The number of carbonyl (C=O) groups excluding carboxylic acids is 2. The third-order valence-corrected chi connectivity index (χ3v) is 8.74. The van der Waals surface area contributed by atoms with E-state index in [9.17, 15) is 24.9 Å². The van der Waals surface area contributed by atoms with Gasteiger partial charge in [0.25, 0.3) is 0 Å². The van der Waals surface area contributed by atoms with Crippen molar-refractivity contribution in [2.45, 2.75) is 91.3 Å². The Morgan fingerprint density at radius 1 is 0.698 bits per heavy atom. The van der Waals surface area contributed by atoms with Crippen molar-refractivity contribution in [1.82, 2.24) is 9.97 Å². The zero-order valence-corrected chi connectivity index (χ0v) is 31.2. The Balaban J connectivity index is 1.88. The lowest BCUT2D eigenvalue weighted by atomic mass is 9.79. The summed E-state index contributed by atoms with van der Waals surface area (Å²) in [4.78, 5) is 34.7. The summed E-state index contributed by atoms with van der Waals surface area (Å²) in [5.41, 5.74) is -1.74. The van der Waals surface area contributed by atoms with Crippen molar-refractivity contribution < 1.29 is 43.2 Å². The average molecular weight is 729 g/mol. The normalized spacial score (nSPS) is 25.8. The molecule has 11 heteroatoms. The van der Waals surface area contributed by atoms with Gasteiger partial charge in [0, 0.05) is 29.7 Å². The maximum absolute atomic E-state index is 13.2. The second-order valence-electron chi connectivity index (χ2n) is 13.6. The molecule has 11 nitrogen and oxygen atoms in total. The van der Waals surface area contributed by atoms with Crippen molar-refractivity contribution in [2.24, 2.45) is 10.8 Å². The van der Waals surface area contributed by atoms with E-state index < -0.39 is 53.3 Å². The van der Waals surface area contributed by atoms with Crippen LogP contribution in [0.25, 0.3) is 6.08 Å². The molecule has 1 aliphatic heterocycles. The molecule has 4 bridgehead atoms.